The Bertz CT molecular complexity index is 681. The van der Waals surface area contributed by atoms with Crippen LogP contribution in [0.25, 0.3) is 0 Å². The smallest absolute Gasteiger partial charge is 0.00637 e. The molecule has 3 aromatic carbocycles. The van der Waals surface area contributed by atoms with Crippen molar-refractivity contribution in [3.05, 3.63) is 119 Å². The monoisotopic (exact) mass is 298 g/mol. The molecule has 0 heterocycles. The molecule has 0 atom stereocenters. The Morgan fingerprint density at radius 2 is 0.913 bits per heavy atom. The first-order chi connectivity index (χ1) is 11.4. The number of hydrogen-bond acceptors (Lipinski definition) is 0. The number of rotatable bonds is 6. The molecule has 0 saturated carbocycles. The van der Waals surface area contributed by atoms with E-state index in [2.05, 4.69) is 97.1 Å². The predicted octanol–water partition coefficient (Wildman–Crippen LogP) is 5.64. The first kappa shape index (κ1) is 15.3. The van der Waals surface area contributed by atoms with Gasteiger partial charge in [-0.3, -0.25) is 0 Å². The van der Waals surface area contributed by atoms with Crippen LogP contribution in [0.2, 0.25) is 0 Å². The highest BCUT2D eigenvalue weighted by molar-refractivity contribution is 5.29. The summed E-state index contributed by atoms with van der Waals surface area (Å²) < 4.78 is 0. The van der Waals surface area contributed by atoms with Gasteiger partial charge in [-0.15, -0.1) is 0 Å². The molecule has 0 nitrogen and oxygen atoms in total. The van der Waals surface area contributed by atoms with Crippen LogP contribution in [0, 0.1) is 0 Å². The summed E-state index contributed by atoms with van der Waals surface area (Å²) in [6.45, 7) is 0. The molecule has 0 bridgehead atoms. The molecule has 0 fully saturated rings. The Morgan fingerprint density at radius 1 is 0.522 bits per heavy atom. The van der Waals surface area contributed by atoms with E-state index in [-0.39, 0.29) is 0 Å². The molecule has 0 aliphatic rings. The zero-order valence-electron chi connectivity index (χ0n) is 13.4. The molecule has 3 aromatic rings. The average Bonchev–Trinajstić information content (AvgIpc) is 2.62. The summed E-state index contributed by atoms with van der Waals surface area (Å²) in [5.41, 5.74) is 5.60. The molecule has 0 amide bonds. The molecule has 0 saturated heterocycles. The van der Waals surface area contributed by atoms with Gasteiger partial charge in [0, 0.05) is 0 Å². The van der Waals surface area contributed by atoms with Crippen LogP contribution in [0.5, 0.6) is 0 Å². The second-order valence-corrected chi connectivity index (χ2v) is 5.88. The van der Waals surface area contributed by atoms with Gasteiger partial charge < -0.3 is 0 Å². The van der Waals surface area contributed by atoms with Crippen LogP contribution in [0.3, 0.4) is 0 Å². The van der Waals surface area contributed by atoms with Gasteiger partial charge >= 0.3 is 0 Å². The molecule has 0 aliphatic heterocycles. The fourth-order valence-electron chi connectivity index (χ4n) is 2.80. The van der Waals surface area contributed by atoms with E-state index in [0.29, 0.717) is 0 Å². The molecule has 114 valence electrons. The third-order valence-corrected chi connectivity index (χ3v) is 4.02. The van der Waals surface area contributed by atoms with Crippen molar-refractivity contribution in [3.8, 4) is 0 Å². The molecule has 23 heavy (non-hydrogen) atoms. The first-order valence-corrected chi connectivity index (χ1v) is 8.20. The van der Waals surface area contributed by atoms with E-state index in [1.54, 1.807) is 0 Å². The van der Waals surface area contributed by atoms with E-state index in [4.69, 9.17) is 0 Å². The Morgan fingerprint density at radius 3 is 1.35 bits per heavy atom. The minimum Gasteiger partial charge on any atom is -0.0803 e. The lowest BCUT2D eigenvalue weighted by atomic mass is 9.96. The van der Waals surface area contributed by atoms with Gasteiger partial charge in [0.25, 0.3) is 0 Å². The highest BCUT2D eigenvalue weighted by Crippen LogP contribution is 2.15. The second-order valence-electron chi connectivity index (χ2n) is 5.88. The van der Waals surface area contributed by atoms with Crippen LogP contribution in [0.1, 0.15) is 16.7 Å². The quantitative estimate of drug-likeness (QED) is 0.516. The molecule has 0 aromatic heterocycles. The lowest BCUT2D eigenvalue weighted by molar-refractivity contribution is 1.01. The maximum absolute atomic E-state index is 2.40. The Kier molecular flexibility index (Phi) is 5.42. The van der Waals surface area contributed by atoms with Gasteiger partial charge in [0.2, 0.25) is 0 Å². The highest BCUT2D eigenvalue weighted by Gasteiger charge is 2.02. The van der Waals surface area contributed by atoms with Crippen molar-refractivity contribution in [1.82, 2.24) is 0 Å². The molecule has 0 spiro atoms. The van der Waals surface area contributed by atoms with Crippen molar-refractivity contribution in [3.63, 3.8) is 0 Å². The standard InChI is InChI=1S/C23H22/c1-4-10-20(11-5-1)16-17-23(18-21-12-6-2-7-13-21)19-22-14-8-3-9-15-22/h1-15,17H,16,18-19H2. The van der Waals surface area contributed by atoms with Crippen LogP contribution < -0.4 is 0 Å². The van der Waals surface area contributed by atoms with Crippen molar-refractivity contribution in [1.29, 1.82) is 0 Å². The van der Waals surface area contributed by atoms with Crippen LogP contribution in [-0.2, 0) is 19.3 Å². The molecule has 0 heteroatoms. The van der Waals surface area contributed by atoms with E-state index in [0.717, 1.165) is 19.3 Å². The summed E-state index contributed by atoms with van der Waals surface area (Å²) in [7, 11) is 0. The van der Waals surface area contributed by atoms with Gasteiger partial charge in [-0.25, -0.2) is 0 Å². The number of hydrogen-bond donors (Lipinski definition) is 0. The van der Waals surface area contributed by atoms with E-state index in [1.165, 1.54) is 22.3 Å². The summed E-state index contributed by atoms with van der Waals surface area (Å²) in [6, 6.07) is 32.1. The summed E-state index contributed by atoms with van der Waals surface area (Å²) in [5.74, 6) is 0. The van der Waals surface area contributed by atoms with Crippen molar-refractivity contribution in [2.24, 2.45) is 0 Å². The number of allylic oxidation sites excluding steroid dienone is 2. The van der Waals surface area contributed by atoms with E-state index in [9.17, 15) is 0 Å². The Hall–Kier alpha value is -2.60. The van der Waals surface area contributed by atoms with Gasteiger partial charge in [0.1, 0.15) is 0 Å². The predicted molar refractivity (Wildman–Crippen MR) is 98.5 cm³/mol. The third-order valence-electron chi connectivity index (χ3n) is 4.02. The highest BCUT2D eigenvalue weighted by atomic mass is 14.1. The summed E-state index contributed by atoms with van der Waals surface area (Å²) >= 11 is 0. The molecular weight excluding hydrogens is 276 g/mol. The van der Waals surface area contributed by atoms with E-state index < -0.39 is 0 Å². The largest absolute Gasteiger partial charge is 0.0803 e. The van der Waals surface area contributed by atoms with Crippen molar-refractivity contribution >= 4 is 0 Å². The summed E-state index contributed by atoms with van der Waals surface area (Å²) in [5, 5.41) is 0. The van der Waals surface area contributed by atoms with E-state index >= 15 is 0 Å². The summed E-state index contributed by atoms with van der Waals surface area (Å²) in [6.07, 6.45) is 5.43. The zero-order chi connectivity index (χ0) is 15.7. The van der Waals surface area contributed by atoms with Gasteiger partial charge in [0.15, 0.2) is 0 Å². The van der Waals surface area contributed by atoms with Crippen LogP contribution in [0.15, 0.2) is 103 Å². The van der Waals surface area contributed by atoms with Crippen molar-refractivity contribution in [2.45, 2.75) is 19.3 Å². The fourth-order valence-corrected chi connectivity index (χ4v) is 2.80. The minimum absolute atomic E-state index is 0.996. The van der Waals surface area contributed by atoms with Crippen LogP contribution >= 0.6 is 0 Å². The first-order valence-electron chi connectivity index (χ1n) is 8.20. The normalized spacial score (nSPS) is 10.3. The maximum atomic E-state index is 2.40. The number of benzene rings is 3. The van der Waals surface area contributed by atoms with Gasteiger partial charge in [-0.2, -0.15) is 0 Å². The molecular formula is C23H22. The van der Waals surface area contributed by atoms with E-state index in [1.807, 2.05) is 0 Å². The molecule has 0 aliphatic carbocycles. The van der Waals surface area contributed by atoms with Crippen molar-refractivity contribution < 1.29 is 0 Å². The van der Waals surface area contributed by atoms with Gasteiger partial charge in [0.05, 0.1) is 0 Å². The minimum atomic E-state index is 0.996. The summed E-state index contributed by atoms with van der Waals surface area (Å²) in [4.78, 5) is 0. The van der Waals surface area contributed by atoms with Gasteiger partial charge in [-0.1, -0.05) is 103 Å². The van der Waals surface area contributed by atoms with Crippen molar-refractivity contribution in [2.75, 3.05) is 0 Å². The fraction of sp³-hybridized carbons (Fsp3) is 0.130. The maximum Gasteiger partial charge on any atom is -0.00637 e. The molecule has 3 rings (SSSR count). The average molecular weight is 298 g/mol. The Labute approximate surface area is 139 Å². The van der Waals surface area contributed by atoms with Crippen LogP contribution in [0.4, 0.5) is 0 Å². The van der Waals surface area contributed by atoms with Crippen LogP contribution in [-0.4, -0.2) is 0 Å². The third kappa shape index (κ3) is 4.96. The Balaban J connectivity index is 1.77. The molecule has 0 unspecified atom stereocenters. The lowest BCUT2D eigenvalue weighted by Crippen LogP contribution is -1.97. The molecule has 0 radical (unpaired) electrons. The second kappa shape index (κ2) is 8.14. The molecule has 0 N–H and O–H groups in total. The SMILES string of the molecule is C(Cc1ccccc1)=C(Cc1ccccc1)Cc1ccccc1. The zero-order valence-corrected chi connectivity index (χ0v) is 13.4. The lowest BCUT2D eigenvalue weighted by Gasteiger charge is -2.09. The topological polar surface area (TPSA) is 0 Å². The van der Waals surface area contributed by atoms with Gasteiger partial charge in [-0.05, 0) is 36.0 Å².